The first-order valence-corrected chi connectivity index (χ1v) is 11.8. The maximum absolute atomic E-state index is 12.3. The van der Waals surface area contributed by atoms with Crippen molar-refractivity contribution in [3.63, 3.8) is 0 Å². The number of thiophene rings is 1. The van der Waals surface area contributed by atoms with Gasteiger partial charge in [0.15, 0.2) is 18.1 Å². The number of aliphatic imine (C=N–C) groups is 1. The fourth-order valence-corrected chi connectivity index (χ4v) is 5.26. The van der Waals surface area contributed by atoms with Crippen molar-refractivity contribution in [2.24, 2.45) is 4.99 Å². The van der Waals surface area contributed by atoms with Crippen LogP contribution in [0.4, 0.5) is 5.00 Å². The molecule has 1 amide bonds. The number of nitriles is 1. The first-order valence-electron chi connectivity index (χ1n) is 11.0. The van der Waals surface area contributed by atoms with E-state index < -0.39 is 0 Å². The van der Waals surface area contributed by atoms with Crippen molar-refractivity contribution in [3.05, 3.63) is 39.8 Å². The predicted octanol–water partition coefficient (Wildman–Crippen LogP) is 4.65. The molecule has 6 nitrogen and oxygen atoms in total. The summed E-state index contributed by atoms with van der Waals surface area (Å²) in [4.78, 5) is 20.0. The van der Waals surface area contributed by atoms with Gasteiger partial charge in [0.25, 0.3) is 5.91 Å². The standard InChI is InChI=1S/C24H27N3O3S/c1-2-29-21-13-17(9-10-20(21)30-16-23(28)27-11-5-6-12-27)15-26-24-19(14-25)18-7-3-4-8-22(18)31-24/h9-10,13,15H,2-8,11-12,16H2,1H3. The van der Waals surface area contributed by atoms with Gasteiger partial charge in [-0.1, -0.05) is 0 Å². The second-order valence-electron chi connectivity index (χ2n) is 7.78. The Morgan fingerprint density at radius 2 is 2.00 bits per heavy atom. The molecular formula is C24H27N3O3S. The largest absolute Gasteiger partial charge is 0.490 e. The monoisotopic (exact) mass is 437 g/mol. The molecule has 7 heteroatoms. The second kappa shape index (κ2) is 9.97. The zero-order chi connectivity index (χ0) is 21.6. The zero-order valence-corrected chi connectivity index (χ0v) is 18.7. The molecule has 2 heterocycles. The van der Waals surface area contributed by atoms with E-state index in [1.807, 2.05) is 30.0 Å². The van der Waals surface area contributed by atoms with Crippen LogP contribution < -0.4 is 9.47 Å². The molecule has 1 aromatic carbocycles. The first kappa shape index (κ1) is 21.4. The predicted molar refractivity (Wildman–Crippen MR) is 122 cm³/mol. The van der Waals surface area contributed by atoms with E-state index in [0.717, 1.165) is 61.3 Å². The molecule has 4 rings (SSSR count). The van der Waals surface area contributed by atoms with Gasteiger partial charge in [0.2, 0.25) is 0 Å². The van der Waals surface area contributed by atoms with Gasteiger partial charge in [0.05, 0.1) is 12.2 Å². The van der Waals surface area contributed by atoms with Crippen LogP contribution in [0.2, 0.25) is 0 Å². The topological polar surface area (TPSA) is 74.9 Å². The van der Waals surface area contributed by atoms with Crippen LogP contribution in [-0.2, 0) is 17.6 Å². The van der Waals surface area contributed by atoms with Crippen molar-refractivity contribution in [1.82, 2.24) is 4.90 Å². The highest BCUT2D eigenvalue weighted by atomic mass is 32.1. The Hall–Kier alpha value is -2.85. The van der Waals surface area contributed by atoms with Crippen LogP contribution in [0.3, 0.4) is 0 Å². The van der Waals surface area contributed by atoms with E-state index in [1.165, 1.54) is 16.9 Å². The third-order valence-corrected chi connectivity index (χ3v) is 6.87. The number of hydrogen-bond acceptors (Lipinski definition) is 6. The number of aryl methyl sites for hydroxylation is 1. The Bertz CT molecular complexity index is 1020. The number of fused-ring (bicyclic) bond motifs is 1. The lowest BCUT2D eigenvalue weighted by Crippen LogP contribution is -2.32. The van der Waals surface area contributed by atoms with Crippen molar-refractivity contribution >= 4 is 28.5 Å². The summed E-state index contributed by atoms with van der Waals surface area (Å²) in [5, 5.41) is 10.4. The van der Waals surface area contributed by atoms with E-state index in [1.54, 1.807) is 17.6 Å². The number of likely N-dealkylation sites (tertiary alicyclic amines) is 1. The molecule has 31 heavy (non-hydrogen) atoms. The van der Waals surface area contributed by atoms with Gasteiger partial charge in [-0.2, -0.15) is 5.26 Å². The molecule has 0 spiro atoms. The molecule has 0 atom stereocenters. The molecule has 2 aliphatic rings. The van der Waals surface area contributed by atoms with Crippen LogP contribution in [-0.4, -0.2) is 43.3 Å². The molecule has 1 aliphatic carbocycles. The first-order chi connectivity index (χ1) is 15.2. The summed E-state index contributed by atoms with van der Waals surface area (Å²) in [6.07, 6.45) is 8.22. The van der Waals surface area contributed by atoms with Crippen molar-refractivity contribution in [1.29, 1.82) is 5.26 Å². The molecule has 0 unspecified atom stereocenters. The number of benzene rings is 1. The van der Waals surface area contributed by atoms with E-state index in [-0.39, 0.29) is 12.5 Å². The van der Waals surface area contributed by atoms with E-state index in [2.05, 4.69) is 11.1 Å². The zero-order valence-electron chi connectivity index (χ0n) is 17.9. The van der Waals surface area contributed by atoms with E-state index in [4.69, 9.17) is 9.47 Å². The Labute approximate surface area is 187 Å². The number of nitrogens with zero attached hydrogens (tertiary/aromatic N) is 3. The molecule has 162 valence electrons. The fourth-order valence-electron chi connectivity index (χ4n) is 4.08. The molecule has 0 N–H and O–H groups in total. The van der Waals surface area contributed by atoms with E-state index in [0.29, 0.717) is 18.1 Å². The van der Waals surface area contributed by atoms with Crippen molar-refractivity contribution in [3.8, 4) is 17.6 Å². The van der Waals surface area contributed by atoms with Crippen LogP contribution in [0.25, 0.3) is 0 Å². The summed E-state index contributed by atoms with van der Waals surface area (Å²) in [6.45, 7) is 4.04. The highest BCUT2D eigenvalue weighted by Crippen LogP contribution is 2.39. The van der Waals surface area contributed by atoms with E-state index in [9.17, 15) is 10.1 Å². The molecule has 1 aliphatic heterocycles. The Morgan fingerprint density at radius 3 is 2.77 bits per heavy atom. The van der Waals surface area contributed by atoms with Crippen LogP contribution in [0, 0.1) is 11.3 Å². The Balaban J connectivity index is 1.49. The average Bonchev–Trinajstić information content (AvgIpc) is 3.45. The van der Waals surface area contributed by atoms with Gasteiger partial charge in [-0.25, -0.2) is 4.99 Å². The maximum Gasteiger partial charge on any atom is 0.260 e. The van der Waals surface area contributed by atoms with E-state index >= 15 is 0 Å². The highest BCUT2D eigenvalue weighted by molar-refractivity contribution is 7.16. The number of amides is 1. The van der Waals surface area contributed by atoms with Crippen molar-refractivity contribution < 1.29 is 14.3 Å². The smallest absolute Gasteiger partial charge is 0.260 e. The Morgan fingerprint density at radius 1 is 1.19 bits per heavy atom. The molecule has 1 saturated heterocycles. The van der Waals surface area contributed by atoms with Gasteiger partial charge in [0.1, 0.15) is 11.1 Å². The van der Waals surface area contributed by atoms with Gasteiger partial charge in [-0.05, 0) is 74.8 Å². The summed E-state index contributed by atoms with van der Waals surface area (Å²) < 4.78 is 11.5. The lowest BCUT2D eigenvalue weighted by molar-refractivity contribution is -0.132. The highest BCUT2D eigenvalue weighted by Gasteiger charge is 2.21. The fraction of sp³-hybridized carbons (Fsp3) is 0.458. The van der Waals surface area contributed by atoms with Gasteiger partial charge >= 0.3 is 0 Å². The van der Waals surface area contributed by atoms with Gasteiger partial charge in [-0.3, -0.25) is 4.79 Å². The summed E-state index contributed by atoms with van der Waals surface area (Å²) >= 11 is 1.63. The summed E-state index contributed by atoms with van der Waals surface area (Å²) in [5.41, 5.74) is 2.77. The molecular weight excluding hydrogens is 410 g/mol. The average molecular weight is 438 g/mol. The summed E-state index contributed by atoms with van der Waals surface area (Å²) in [6, 6.07) is 7.91. The normalized spacial score (nSPS) is 15.7. The lowest BCUT2D eigenvalue weighted by Gasteiger charge is -2.17. The minimum Gasteiger partial charge on any atom is -0.490 e. The third kappa shape index (κ3) is 4.91. The molecule has 0 bridgehead atoms. The number of carbonyl (C=O) groups excluding carboxylic acids is 1. The van der Waals surface area contributed by atoms with Gasteiger partial charge < -0.3 is 14.4 Å². The SMILES string of the molecule is CCOc1cc(C=Nc2sc3c(c2C#N)CCCC3)ccc1OCC(=O)N1CCCC1. The lowest BCUT2D eigenvalue weighted by atomic mass is 9.96. The maximum atomic E-state index is 12.3. The van der Waals surface area contributed by atoms with Crippen LogP contribution in [0.5, 0.6) is 11.5 Å². The number of carbonyl (C=O) groups is 1. The second-order valence-corrected chi connectivity index (χ2v) is 8.86. The van der Waals surface area contributed by atoms with Gasteiger partial charge in [0, 0.05) is 24.2 Å². The molecule has 0 radical (unpaired) electrons. The van der Waals surface area contributed by atoms with Crippen molar-refractivity contribution in [2.75, 3.05) is 26.3 Å². The quantitative estimate of drug-likeness (QED) is 0.591. The minimum absolute atomic E-state index is 0.0104. The molecule has 0 saturated carbocycles. The Kier molecular flexibility index (Phi) is 6.88. The molecule has 2 aromatic rings. The third-order valence-electron chi connectivity index (χ3n) is 5.67. The molecule has 1 aromatic heterocycles. The summed E-state index contributed by atoms with van der Waals surface area (Å²) in [5.74, 6) is 1.15. The van der Waals surface area contributed by atoms with Crippen molar-refractivity contribution in [2.45, 2.75) is 45.4 Å². The number of hydrogen-bond donors (Lipinski definition) is 0. The van der Waals surface area contributed by atoms with Crippen LogP contribution in [0.15, 0.2) is 23.2 Å². The number of rotatable bonds is 7. The van der Waals surface area contributed by atoms with Crippen LogP contribution >= 0.6 is 11.3 Å². The van der Waals surface area contributed by atoms with Crippen LogP contribution in [0.1, 0.15) is 54.2 Å². The summed E-state index contributed by atoms with van der Waals surface area (Å²) in [7, 11) is 0. The minimum atomic E-state index is 0.0104. The number of ether oxygens (including phenoxy) is 2. The van der Waals surface area contributed by atoms with Gasteiger partial charge in [-0.15, -0.1) is 11.3 Å². The molecule has 1 fully saturated rings.